The van der Waals surface area contributed by atoms with Crippen molar-refractivity contribution in [2.45, 2.75) is 39.3 Å². The van der Waals surface area contributed by atoms with Crippen molar-refractivity contribution in [1.29, 1.82) is 0 Å². The van der Waals surface area contributed by atoms with Crippen LogP contribution in [-0.4, -0.2) is 20.7 Å². The van der Waals surface area contributed by atoms with Gasteiger partial charge in [-0.05, 0) is 32.8 Å². The first-order chi connectivity index (χ1) is 10.1. The molecule has 0 spiro atoms. The van der Waals surface area contributed by atoms with Gasteiger partial charge in [-0.2, -0.15) is 5.10 Å². The lowest BCUT2D eigenvalue weighted by Gasteiger charge is -2.06. The molecule has 3 rings (SSSR count). The second-order valence-electron chi connectivity index (χ2n) is 5.49. The zero-order valence-corrected chi connectivity index (χ0v) is 12.2. The van der Waals surface area contributed by atoms with Crippen LogP contribution in [0.2, 0.25) is 0 Å². The average molecular weight is 286 g/mol. The number of nitro groups is 1. The molecule has 1 saturated carbocycles. The fraction of sp³-hybridized carbons (Fsp3) is 0.400. The van der Waals surface area contributed by atoms with E-state index in [-0.39, 0.29) is 10.6 Å². The van der Waals surface area contributed by atoms with Crippen molar-refractivity contribution in [1.82, 2.24) is 15.1 Å². The van der Waals surface area contributed by atoms with Crippen molar-refractivity contribution >= 4 is 5.69 Å². The highest BCUT2D eigenvalue weighted by Crippen LogP contribution is 2.23. The Balaban J connectivity index is 1.92. The van der Waals surface area contributed by atoms with Crippen molar-refractivity contribution < 1.29 is 4.92 Å². The maximum atomic E-state index is 10.9. The van der Waals surface area contributed by atoms with Gasteiger partial charge < -0.3 is 5.32 Å². The van der Waals surface area contributed by atoms with Gasteiger partial charge in [0.05, 0.1) is 16.3 Å². The minimum atomic E-state index is -0.384. The number of non-ortho nitro benzene ring substituents is 1. The fourth-order valence-corrected chi connectivity index (χ4v) is 2.45. The number of aromatic nitrogens is 2. The summed E-state index contributed by atoms with van der Waals surface area (Å²) in [5.41, 5.74) is 3.97. The Morgan fingerprint density at radius 1 is 1.43 bits per heavy atom. The van der Waals surface area contributed by atoms with E-state index in [4.69, 9.17) is 0 Å². The SMILES string of the molecule is Cc1nn(-c2cccc([N+](=O)[O-])c2)c(C)c1CNC1CC1. The molecule has 1 aromatic heterocycles. The van der Waals surface area contributed by atoms with E-state index < -0.39 is 0 Å². The molecule has 2 aromatic rings. The number of nitrogens with zero attached hydrogens (tertiary/aromatic N) is 3. The smallest absolute Gasteiger partial charge is 0.271 e. The largest absolute Gasteiger partial charge is 0.310 e. The van der Waals surface area contributed by atoms with Crippen LogP contribution in [-0.2, 0) is 6.54 Å². The molecule has 0 saturated heterocycles. The summed E-state index contributed by atoms with van der Waals surface area (Å²) in [5, 5.41) is 18.9. The summed E-state index contributed by atoms with van der Waals surface area (Å²) < 4.78 is 1.78. The zero-order chi connectivity index (χ0) is 15.0. The molecular weight excluding hydrogens is 268 g/mol. The number of rotatable bonds is 5. The number of benzene rings is 1. The summed E-state index contributed by atoms with van der Waals surface area (Å²) in [6.45, 7) is 4.78. The third-order valence-corrected chi connectivity index (χ3v) is 3.87. The van der Waals surface area contributed by atoms with Crippen molar-refractivity contribution in [2.24, 2.45) is 0 Å². The Bertz CT molecular complexity index is 689. The fourth-order valence-electron chi connectivity index (χ4n) is 2.45. The summed E-state index contributed by atoms with van der Waals surface area (Å²) in [5.74, 6) is 0. The van der Waals surface area contributed by atoms with Gasteiger partial charge in [-0.3, -0.25) is 10.1 Å². The first-order valence-corrected chi connectivity index (χ1v) is 7.09. The molecule has 0 aliphatic heterocycles. The molecule has 1 aliphatic carbocycles. The number of nitrogens with one attached hydrogen (secondary N) is 1. The maximum Gasteiger partial charge on any atom is 0.271 e. The van der Waals surface area contributed by atoms with E-state index >= 15 is 0 Å². The Kier molecular flexibility index (Phi) is 3.47. The van der Waals surface area contributed by atoms with Crippen LogP contribution < -0.4 is 5.32 Å². The Morgan fingerprint density at radius 3 is 2.86 bits per heavy atom. The van der Waals surface area contributed by atoms with Crippen LogP contribution in [0.15, 0.2) is 24.3 Å². The highest BCUT2D eigenvalue weighted by atomic mass is 16.6. The van der Waals surface area contributed by atoms with Gasteiger partial charge in [-0.25, -0.2) is 4.68 Å². The number of hydrogen-bond acceptors (Lipinski definition) is 4. The van der Waals surface area contributed by atoms with Crippen LogP contribution in [0.3, 0.4) is 0 Å². The van der Waals surface area contributed by atoms with Crippen LogP contribution in [0.25, 0.3) is 5.69 Å². The van der Waals surface area contributed by atoms with Crippen molar-refractivity contribution in [3.63, 3.8) is 0 Å². The van der Waals surface area contributed by atoms with Gasteiger partial charge in [0.2, 0.25) is 0 Å². The van der Waals surface area contributed by atoms with Crippen LogP contribution >= 0.6 is 0 Å². The molecule has 0 unspecified atom stereocenters. The molecule has 1 fully saturated rings. The standard InChI is InChI=1S/C15H18N4O2/c1-10-15(9-16-12-6-7-12)11(2)18(17-10)13-4-3-5-14(8-13)19(20)21/h3-5,8,12,16H,6-7,9H2,1-2H3. The summed E-state index contributed by atoms with van der Waals surface area (Å²) >= 11 is 0. The molecular formula is C15H18N4O2. The average Bonchev–Trinajstić information content (AvgIpc) is 3.24. The number of nitro benzene ring substituents is 1. The lowest BCUT2D eigenvalue weighted by Crippen LogP contribution is -2.16. The summed E-state index contributed by atoms with van der Waals surface area (Å²) in [6, 6.07) is 7.21. The molecule has 6 heteroatoms. The first-order valence-electron chi connectivity index (χ1n) is 7.09. The quantitative estimate of drug-likeness (QED) is 0.677. The van der Waals surface area contributed by atoms with Gasteiger partial charge in [0, 0.05) is 36.0 Å². The van der Waals surface area contributed by atoms with Crippen molar-refractivity contribution in [2.75, 3.05) is 0 Å². The summed E-state index contributed by atoms with van der Waals surface area (Å²) in [7, 11) is 0. The van der Waals surface area contributed by atoms with Gasteiger partial charge in [-0.15, -0.1) is 0 Å². The van der Waals surface area contributed by atoms with Gasteiger partial charge in [0.1, 0.15) is 0 Å². The van der Waals surface area contributed by atoms with Crippen LogP contribution in [0.1, 0.15) is 29.8 Å². The lowest BCUT2D eigenvalue weighted by molar-refractivity contribution is -0.384. The zero-order valence-electron chi connectivity index (χ0n) is 12.2. The van der Waals surface area contributed by atoms with E-state index in [1.54, 1.807) is 16.8 Å². The molecule has 1 aromatic carbocycles. The topological polar surface area (TPSA) is 73.0 Å². The summed E-state index contributed by atoms with van der Waals surface area (Å²) in [6.07, 6.45) is 2.49. The van der Waals surface area contributed by atoms with Crippen molar-refractivity contribution in [3.8, 4) is 5.69 Å². The Morgan fingerprint density at radius 2 is 2.19 bits per heavy atom. The highest BCUT2D eigenvalue weighted by Gasteiger charge is 2.22. The Labute approximate surface area is 122 Å². The maximum absolute atomic E-state index is 10.9. The van der Waals surface area contributed by atoms with E-state index in [1.165, 1.54) is 24.5 Å². The van der Waals surface area contributed by atoms with E-state index in [9.17, 15) is 10.1 Å². The predicted octanol–water partition coefficient (Wildman–Crippen LogP) is 2.65. The normalized spacial score (nSPS) is 14.4. The van der Waals surface area contributed by atoms with E-state index in [2.05, 4.69) is 10.4 Å². The van der Waals surface area contributed by atoms with Crippen LogP contribution in [0, 0.1) is 24.0 Å². The molecule has 0 radical (unpaired) electrons. The highest BCUT2D eigenvalue weighted by molar-refractivity contribution is 5.44. The predicted molar refractivity (Wildman–Crippen MR) is 79.6 cm³/mol. The molecule has 110 valence electrons. The van der Waals surface area contributed by atoms with E-state index in [1.807, 2.05) is 19.9 Å². The van der Waals surface area contributed by atoms with E-state index in [0.717, 1.165) is 23.6 Å². The molecule has 21 heavy (non-hydrogen) atoms. The minimum Gasteiger partial charge on any atom is -0.310 e. The number of hydrogen-bond donors (Lipinski definition) is 1. The monoisotopic (exact) mass is 286 g/mol. The molecule has 0 amide bonds. The van der Waals surface area contributed by atoms with Gasteiger partial charge in [0.15, 0.2) is 0 Å². The second-order valence-corrected chi connectivity index (χ2v) is 5.49. The molecule has 6 nitrogen and oxygen atoms in total. The Hall–Kier alpha value is -2.21. The summed E-state index contributed by atoms with van der Waals surface area (Å²) in [4.78, 5) is 10.5. The number of aryl methyl sites for hydroxylation is 1. The van der Waals surface area contributed by atoms with Crippen LogP contribution in [0.5, 0.6) is 0 Å². The van der Waals surface area contributed by atoms with Gasteiger partial charge in [0.25, 0.3) is 5.69 Å². The van der Waals surface area contributed by atoms with Crippen LogP contribution in [0.4, 0.5) is 5.69 Å². The second kappa shape index (κ2) is 5.29. The first kappa shape index (κ1) is 13.8. The third kappa shape index (κ3) is 2.80. The van der Waals surface area contributed by atoms with Gasteiger partial charge >= 0.3 is 0 Å². The molecule has 1 heterocycles. The molecule has 0 atom stereocenters. The van der Waals surface area contributed by atoms with E-state index in [0.29, 0.717) is 6.04 Å². The molecule has 1 N–H and O–H groups in total. The molecule has 0 bridgehead atoms. The lowest BCUT2D eigenvalue weighted by atomic mass is 10.2. The third-order valence-electron chi connectivity index (χ3n) is 3.87. The van der Waals surface area contributed by atoms with Gasteiger partial charge in [-0.1, -0.05) is 6.07 Å². The minimum absolute atomic E-state index is 0.0812. The molecule has 1 aliphatic rings. The van der Waals surface area contributed by atoms with Crippen molar-refractivity contribution in [3.05, 3.63) is 51.3 Å².